The van der Waals surface area contributed by atoms with Crippen LogP contribution in [0.5, 0.6) is 0 Å². The van der Waals surface area contributed by atoms with Crippen molar-refractivity contribution in [1.29, 1.82) is 0 Å². The average Bonchev–Trinajstić information content (AvgIpc) is 3.21. The van der Waals surface area contributed by atoms with Crippen molar-refractivity contribution in [3.05, 3.63) is 16.1 Å². The van der Waals surface area contributed by atoms with Crippen LogP contribution in [0.3, 0.4) is 0 Å². The summed E-state index contributed by atoms with van der Waals surface area (Å²) < 4.78 is 0. The Morgan fingerprint density at radius 2 is 2.12 bits per heavy atom. The Morgan fingerprint density at radius 1 is 1.33 bits per heavy atom. The van der Waals surface area contributed by atoms with Gasteiger partial charge in [0.1, 0.15) is 5.01 Å². The van der Waals surface area contributed by atoms with Crippen LogP contribution in [0.2, 0.25) is 0 Å². The normalized spacial score (nSPS) is 32.3. The third kappa shape index (κ3) is 2.89. The molecule has 0 unspecified atom stereocenters. The van der Waals surface area contributed by atoms with Gasteiger partial charge < -0.3 is 5.11 Å². The Balaban J connectivity index is 1.45. The van der Waals surface area contributed by atoms with Crippen molar-refractivity contribution in [2.45, 2.75) is 51.6 Å². The van der Waals surface area contributed by atoms with Gasteiger partial charge in [-0.2, -0.15) is 0 Å². The molecule has 0 radical (unpaired) electrons. The second-order valence-corrected chi connectivity index (χ2v) is 8.87. The maximum Gasteiger partial charge on any atom is 0.312 e. The fourth-order valence-corrected chi connectivity index (χ4v) is 5.84. The van der Waals surface area contributed by atoms with Crippen molar-refractivity contribution < 1.29 is 9.90 Å². The maximum atomic E-state index is 12.2. The molecule has 2 saturated heterocycles. The molecule has 1 saturated carbocycles. The number of fused-ring (bicyclic) bond motifs is 1. The van der Waals surface area contributed by atoms with Gasteiger partial charge in [-0.1, -0.05) is 19.3 Å². The fourth-order valence-electron chi connectivity index (χ4n) is 5.02. The molecule has 0 aromatic carbocycles. The van der Waals surface area contributed by atoms with E-state index in [2.05, 4.69) is 20.2 Å². The Bertz CT molecular complexity index is 613. The minimum atomic E-state index is -0.594. The van der Waals surface area contributed by atoms with Crippen LogP contribution in [-0.2, 0) is 11.3 Å². The minimum Gasteiger partial charge on any atom is -0.481 e. The topological polar surface area (TPSA) is 56.7 Å². The van der Waals surface area contributed by atoms with Crippen molar-refractivity contribution in [3.63, 3.8) is 0 Å². The molecule has 1 aromatic heterocycles. The number of thiazole rings is 1. The molecule has 6 heteroatoms. The zero-order valence-corrected chi connectivity index (χ0v) is 15.2. The monoisotopic (exact) mass is 349 g/mol. The zero-order chi connectivity index (χ0) is 16.7. The number of rotatable bonds is 4. The molecule has 2 atom stereocenters. The van der Waals surface area contributed by atoms with Crippen molar-refractivity contribution >= 4 is 17.3 Å². The molecule has 5 nitrogen and oxygen atoms in total. The van der Waals surface area contributed by atoms with Crippen molar-refractivity contribution in [3.8, 4) is 0 Å². The Kier molecular flexibility index (Phi) is 4.39. The lowest BCUT2D eigenvalue weighted by Crippen LogP contribution is -2.43. The molecule has 4 rings (SSSR count). The molecule has 3 heterocycles. The molecule has 0 amide bonds. The summed E-state index contributed by atoms with van der Waals surface area (Å²) in [7, 11) is 0. The molecular formula is C18H27N3O2S. The van der Waals surface area contributed by atoms with Gasteiger partial charge in [0.25, 0.3) is 0 Å². The van der Waals surface area contributed by atoms with Gasteiger partial charge in [0.05, 0.1) is 12.0 Å². The first-order valence-corrected chi connectivity index (χ1v) is 10.1. The number of likely N-dealkylation sites (tertiary alicyclic amines) is 2. The lowest BCUT2D eigenvalue weighted by Gasteiger charge is -2.33. The SMILES string of the molecule is Cc1csc(CN2C[C@H]3CN(C4CCCCC4)C[C@@]3(C(=O)O)C2)n1. The summed E-state index contributed by atoms with van der Waals surface area (Å²) in [6.07, 6.45) is 6.47. The molecule has 1 aromatic rings. The van der Waals surface area contributed by atoms with E-state index in [1.54, 1.807) is 11.3 Å². The zero-order valence-electron chi connectivity index (χ0n) is 14.4. The molecule has 3 aliphatic rings. The number of carbonyl (C=O) groups is 1. The van der Waals surface area contributed by atoms with Crippen LogP contribution in [0.15, 0.2) is 5.38 Å². The highest BCUT2D eigenvalue weighted by Crippen LogP contribution is 2.45. The molecule has 132 valence electrons. The molecule has 1 N–H and O–H groups in total. The van der Waals surface area contributed by atoms with Crippen LogP contribution in [0.25, 0.3) is 0 Å². The van der Waals surface area contributed by atoms with E-state index in [1.165, 1.54) is 32.1 Å². The number of aryl methyl sites for hydroxylation is 1. The molecule has 3 fully saturated rings. The highest BCUT2D eigenvalue weighted by Gasteiger charge is 2.58. The number of hydrogen-bond donors (Lipinski definition) is 1. The predicted octanol–water partition coefficient (Wildman–Crippen LogP) is 2.60. The quantitative estimate of drug-likeness (QED) is 0.905. The van der Waals surface area contributed by atoms with Gasteiger partial charge in [0, 0.05) is 49.2 Å². The van der Waals surface area contributed by atoms with E-state index in [1.807, 2.05) is 6.92 Å². The summed E-state index contributed by atoms with van der Waals surface area (Å²) in [5.41, 5.74) is 0.495. The first kappa shape index (κ1) is 16.5. The Morgan fingerprint density at radius 3 is 2.75 bits per heavy atom. The maximum absolute atomic E-state index is 12.2. The summed E-state index contributed by atoms with van der Waals surface area (Å²) in [4.78, 5) is 21.5. The molecule has 0 spiro atoms. The number of aliphatic carboxylic acids is 1. The summed E-state index contributed by atoms with van der Waals surface area (Å²) in [6.45, 7) is 6.09. The second kappa shape index (κ2) is 6.39. The molecule has 0 bridgehead atoms. The number of carboxylic acids is 1. The number of aromatic nitrogens is 1. The Hall–Kier alpha value is -0.980. The third-order valence-electron chi connectivity index (χ3n) is 6.25. The van der Waals surface area contributed by atoms with E-state index >= 15 is 0 Å². The van der Waals surface area contributed by atoms with E-state index in [0.717, 1.165) is 36.9 Å². The summed E-state index contributed by atoms with van der Waals surface area (Å²) in [5, 5.41) is 13.2. The van der Waals surface area contributed by atoms with Crippen molar-refractivity contribution in [2.75, 3.05) is 26.2 Å². The average molecular weight is 350 g/mol. The van der Waals surface area contributed by atoms with Gasteiger partial charge in [-0.15, -0.1) is 11.3 Å². The summed E-state index contributed by atoms with van der Waals surface area (Å²) in [5.74, 6) is -0.332. The fraction of sp³-hybridized carbons (Fsp3) is 0.778. The van der Waals surface area contributed by atoms with Crippen LogP contribution in [0.1, 0.15) is 42.8 Å². The lowest BCUT2D eigenvalue weighted by atomic mass is 9.81. The predicted molar refractivity (Wildman–Crippen MR) is 94.1 cm³/mol. The second-order valence-electron chi connectivity index (χ2n) is 7.93. The molecule has 1 aliphatic carbocycles. The molecular weight excluding hydrogens is 322 g/mol. The first-order chi connectivity index (χ1) is 11.6. The first-order valence-electron chi connectivity index (χ1n) is 9.18. The summed E-state index contributed by atoms with van der Waals surface area (Å²) in [6, 6.07) is 0.621. The van der Waals surface area contributed by atoms with Gasteiger partial charge in [-0.3, -0.25) is 14.6 Å². The highest BCUT2D eigenvalue weighted by atomic mass is 32.1. The van der Waals surface area contributed by atoms with Gasteiger partial charge in [0.15, 0.2) is 0 Å². The smallest absolute Gasteiger partial charge is 0.312 e. The largest absolute Gasteiger partial charge is 0.481 e. The van der Waals surface area contributed by atoms with E-state index in [0.29, 0.717) is 12.6 Å². The number of hydrogen-bond acceptors (Lipinski definition) is 5. The number of nitrogens with zero attached hydrogens (tertiary/aromatic N) is 3. The molecule has 2 aliphatic heterocycles. The third-order valence-corrected chi connectivity index (χ3v) is 7.20. The van der Waals surface area contributed by atoms with Crippen LogP contribution in [-0.4, -0.2) is 58.1 Å². The van der Waals surface area contributed by atoms with Gasteiger partial charge in [-0.05, 0) is 19.8 Å². The van der Waals surface area contributed by atoms with E-state index in [9.17, 15) is 9.90 Å². The lowest BCUT2D eigenvalue weighted by molar-refractivity contribution is -0.149. The Labute approximate surface area is 147 Å². The van der Waals surface area contributed by atoms with Crippen LogP contribution >= 0.6 is 11.3 Å². The minimum absolute atomic E-state index is 0.262. The highest BCUT2D eigenvalue weighted by molar-refractivity contribution is 7.09. The van der Waals surface area contributed by atoms with Crippen LogP contribution in [0, 0.1) is 18.3 Å². The van der Waals surface area contributed by atoms with Gasteiger partial charge in [0.2, 0.25) is 0 Å². The van der Waals surface area contributed by atoms with Gasteiger partial charge in [-0.25, -0.2) is 4.98 Å². The van der Waals surface area contributed by atoms with Crippen LogP contribution < -0.4 is 0 Å². The van der Waals surface area contributed by atoms with Crippen molar-refractivity contribution in [2.24, 2.45) is 11.3 Å². The van der Waals surface area contributed by atoms with E-state index in [4.69, 9.17) is 0 Å². The number of carboxylic acid groups (broad SMARTS) is 1. The van der Waals surface area contributed by atoms with Gasteiger partial charge >= 0.3 is 5.97 Å². The molecule has 24 heavy (non-hydrogen) atoms. The standard InChI is InChI=1S/C18H27N3O2S/c1-13-10-24-16(19-13)9-20-7-14-8-21(15-5-3-2-4-6-15)12-18(14,11-20)17(22)23/h10,14-15H,2-9,11-12H2,1H3,(H,22,23)/t14-,18-/m0/s1. The van der Waals surface area contributed by atoms with E-state index in [-0.39, 0.29) is 5.92 Å². The van der Waals surface area contributed by atoms with E-state index < -0.39 is 11.4 Å². The van der Waals surface area contributed by atoms with Crippen molar-refractivity contribution in [1.82, 2.24) is 14.8 Å². The summed E-state index contributed by atoms with van der Waals surface area (Å²) >= 11 is 1.68. The van der Waals surface area contributed by atoms with Crippen LogP contribution in [0.4, 0.5) is 0 Å².